The van der Waals surface area contributed by atoms with Crippen LogP contribution < -0.4 is 10.5 Å². The van der Waals surface area contributed by atoms with E-state index in [1.54, 1.807) is 0 Å². The van der Waals surface area contributed by atoms with E-state index in [9.17, 15) is 8.42 Å². The average molecular weight is 353 g/mol. The third kappa shape index (κ3) is 6.02. The van der Waals surface area contributed by atoms with E-state index in [4.69, 9.17) is 28.9 Å². The molecule has 0 bridgehead atoms. The van der Waals surface area contributed by atoms with Crippen LogP contribution in [-0.2, 0) is 10.0 Å². The van der Waals surface area contributed by atoms with Crippen LogP contribution in [0.4, 0.5) is 5.69 Å². The second-order valence-electron chi connectivity index (χ2n) is 4.97. The van der Waals surface area contributed by atoms with Crippen molar-refractivity contribution in [3.05, 3.63) is 22.2 Å². The Kier molecular flexibility index (Phi) is 7.81. The summed E-state index contributed by atoms with van der Waals surface area (Å²) in [5, 5.41) is 0.256. The molecule has 0 spiro atoms. The zero-order chi connectivity index (χ0) is 15.9. The molecule has 120 valence electrons. The van der Waals surface area contributed by atoms with Crippen molar-refractivity contribution in [2.24, 2.45) is 0 Å². The number of rotatable bonds is 9. The number of unbranched alkanes of at least 4 members (excludes halogenated alkanes) is 5. The predicted octanol–water partition coefficient (Wildman–Crippen LogP) is 4.21. The molecular formula is C14H22Cl2N2O2S. The molecule has 21 heavy (non-hydrogen) atoms. The average Bonchev–Trinajstić information content (AvgIpc) is 2.41. The van der Waals surface area contributed by atoms with Crippen LogP contribution in [0.3, 0.4) is 0 Å². The molecule has 0 unspecified atom stereocenters. The van der Waals surface area contributed by atoms with Gasteiger partial charge in [-0.05, 0) is 18.6 Å². The molecule has 3 N–H and O–H groups in total. The monoisotopic (exact) mass is 352 g/mol. The van der Waals surface area contributed by atoms with Crippen molar-refractivity contribution in [3.8, 4) is 0 Å². The Bertz CT molecular complexity index is 562. The maximum atomic E-state index is 12.2. The van der Waals surface area contributed by atoms with E-state index in [1.165, 1.54) is 31.4 Å². The number of nitrogens with two attached hydrogens (primary N) is 1. The third-order valence-electron chi connectivity index (χ3n) is 3.16. The number of benzene rings is 1. The molecule has 0 aromatic heterocycles. The summed E-state index contributed by atoms with van der Waals surface area (Å²) in [6.07, 6.45) is 6.57. The Morgan fingerprint density at radius 2 is 1.67 bits per heavy atom. The van der Waals surface area contributed by atoms with Crippen LogP contribution >= 0.6 is 23.2 Å². The van der Waals surface area contributed by atoms with Gasteiger partial charge in [-0.3, -0.25) is 0 Å². The highest BCUT2D eigenvalue weighted by molar-refractivity contribution is 7.89. The molecule has 1 rings (SSSR count). The lowest BCUT2D eigenvalue weighted by atomic mass is 10.1. The molecule has 0 fully saturated rings. The van der Waals surface area contributed by atoms with Crippen molar-refractivity contribution in [3.63, 3.8) is 0 Å². The van der Waals surface area contributed by atoms with Crippen LogP contribution in [0.15, 0.2) is 17.0 Å². The van der Waals surface area contributed by atoms with Crippen molar-refractivity contribution in [2.75, 3.05) is 12.3 Å². The number of nitrogen functional groups attached to an aromatic ring is 1. The van der Waals surface area contributed by atoms with Gasteiger partial charge in [-0.15, -0.1) is 0 Å². The van der Waals surface area contributed by atoms with Gasteiger partial charge in [0.2, 0.25) is 10.0 Å². The third-order valence-corrected chi connectivity index (χ3v) is 5.42. The van der Waals surface area contributed by atoms with Gasteiger partial charge in [-0.1, -0.05) is 62.2 Å². The van der Waals surface area contributed by atoms with Crippen LogP contribution in [0.25, 0.3) is 0 Å². The molecule has 4 nitrogen and oxygen atoms in total. The minimum Gasteiger partial charge on any atom is -0.397 e. The quantitative estimate of drug-likeness (QED) is 0.516. The predicted molar refractivity (Wildman–Crippen MR) is 89.4 cm³/mol. The number of anilines is 1. The summed E-state index contributed by atoms with van der Waals surface area (Å²) in [5.41, 5.74) is 5.84. The van der Waals surface area contributed by atoms with Gasteiger partial charge in [0.15, 0.2) is 0 Å². The minimum atomic E-state index is -3.65. The summed E-state index contributed by atoms with van der Waals surface area (Å²) in [6, 6.07) is 2.63. The summed E-state index contributed by atoms with van der Waals surface area (Å²) in [4.78, 5) is -0.0330. The topological polar surface area (TPSA) is 72.2 Å². The molecule has 1 aromatic rings. The highest BCUT2D eigenvalue weighted by atomic mass is 35.5. The van der Waals surface area contributed by atoms with Crippen molar-refractivity contribution < 1.29 is 8.42 Å². The van der Waals surface area contributed by atoms with Crippen molar-refractivity contribution in [1.82, 2.24) is 4.72 Å². The lowest BCUT2D eigenvalue weighted by molar-refractivity contribution is 0.568. The number of nitrogens with one attached hydrogen (secondary N) is 1. The van der Waals surface area contributed by atoms with Gasteiger partial charge in [0.1, 0.15) is 4.90 Å². The highest BCUT2D eigenvalue weighted by Gasteiger charge is 2.19. The van der Waals surface area contributed by atoms with Gasteiger partial charge in [0, 0.05) is 6.54 Å². The minimum absolute atomic E-state index is 0.0330. The zero-order valence-corrected chi connectivity index (χ0v) is 14.5. The summed E-state index contributed by atoms with van der Waals surface area (Å²) < 4.78 is 26.9. The first kappa shape index (κ1) is 18.6. The Morgan fingerprint density at radius 1 is 1.05 bits per heavy atom. The fraction of sp³-hybridized carbons (Fsp3) is 0.571. The molecule has 1 aromatic carbocycles. The van der Waals surface area contributed by atoms with E-state index in [2.05, 4.69) is 11.6 Å². The van der Waals surface area contributed by atoms with E-state index >= 15 is 0 Å². The van der Waals surface area contributed by atoms with E-state index < -0.39 is 10.0 Å². The molecule has 0 aliphatic rings. The first-order chi connectivity index (χ1) is 9.88. The van der Waals surface area contributed by atoms with E-state index in [1.807, 2.05) is 0 Å². The molecule has 0 saturated heterocycles. The molecule has 0 heterocycles. The normalized spacial score (nSPS) is 11.8. The molecule has 0 atom stereocenters. The first-order valence-electron chi connectivity index (χ1n) is 7.12. The number of sulfonamides is 1. The first-order valence-corrected chi connectivity index (χ1v) is 9.36. The smallest absolute Gasteiger partial charge is 0.242 e. The Labute approximate surface area is 137 Å². The van der Waals surface area contributed by atoms with E-state index in [0.717, 1.165) is 19.3 Å². The van der Waals surface area contributed by atoms with E-state index in [0.29, 0.717) is 6.54 Å². The van der Waals surface area contributed by atoms with Crippen LogP contribution in [0.5, 0.6) is 0 Å². The summed E-state index contributed by atoms with van der Waals surface area (Å²) in [6.45, 7) is 2.56. The van der Waals surface area contributed by atoms with Gasteiger partial charge in [-0.2, -0.15) is 0 Å². The van der Waals surface area contributed by atoms with Gasteiger partial charge in [0.25, 0.3) is 0 Å². The van der Waals surface area contributed by atoms with Crippen molar-refractivity contribution in [2.45, 2.75) is 50.3 Å². The van der Waals surface area contributed by atoms with E-state index in [-0.39, 0.29) is 20.6 Å². The Hall–Kier alpha value is -0.490. The number of hydrogen-bond donors (Lipinski definition) is 2. The van der Waals surface area contributed by atoms with Crippen LogP contribution in [-0.4, -0.2) is 15.0 Å². The maximum Gasteiger partial charge on any atom is 0.242 e. The Morgan fingerprint density at radius 3 is 2.33 bits per heavy atom. The van der Waals surface area contributed by atoms with Gasteiger partial charge in [-0.25, -0.2) is 13.1 Å². The van der Waals surface area contributed by atoms with Crippen molar-refractivity contribution >= 4 is 38.9 Å². The zero-order valence-electron chi connectivity index (χ0n) is 12.2. The van der Waals surface area contributed by atoms with Crippen molar-refractivity contribution in [1.29, 1.82) is 0 Å². The molecule has 0 aliphatic heterocycles. The fourth-order valence-electron chi connectivity index (χ4n) is 1.94. The fourth-order valence-corrected chi connectivity index (χ4v) is 3.80. The second kappa shape index (κ2) is 8.83. The second-order valence-corrected chi connectivity index (χ2v) is 7.52. The number of halogens is 2. The number of hydrogen-bond acceptors (Lipinski definition) is 3. The van der Waals surface area contributed by atoms with Gasteiger partial charge >= 0.3 is 0 Å². The largest absolute Gasteiger partial charge is 0.397 e. The summed E-state index contributed by atoms with van der Waals surface area (Å²) in [5.74, 6) is 0. The van der Waals surface area contributed by atoms with Crippen LogP contribution in [0.1, 0.15) is 45.4 Å². The molecule has 7 heteroatoms. The summed E-state index contributed by atoms with van der Waals surface area (Å²) in [7, 11) is -3.65. The van der Waals surface area contributed by atoms with Crippen LogP contribution in [0, 0.1) is 0 Å². The lowest BCUT2D eigenvalue weighted by Crippen LogP contribution is -2.25. The molecule has 0 amide bonds. The standard InChI is InChI=1S/C14H22Cl2N2O2S/c1-2-3-4-5-6-7-8-18-21(19,20)14-10-11(15)13(17)9-12(14)16/h9-10,18H,2-8,17H2,1H3. The molecule has 0 radical (unpaired) electrons. The molecule has 0 saturated carbocycles. The van der Waals surface area contributed by atoms with Gasteiger partial charge < -0.3 is 5.73 Å². The van der Waals surface area contributed by atoms with Gasteiger partial charge in [0.05, 0.1) is 15.7 Å². The molecular weight excluding hydrogens is 331 g/mol. The summed E-state index contributed by atoms with van der Waals surface area (Å²) >= 11 is 11.8. The highest BCUT2D eigenvalue weighted by Crippen LogP contribution is 2.29. The van der Waals surface area contributed by atoms with Crippen LogP contribution in [0.2, 0.25) is 10.0 Å². The SMILES string of the molecule is CCCCCCCCNS(=O)(=O)c1cc(Cl)c(N)cc1Cl. The Balaban J connectivity index is 2.53. The molecule has 0 aliphatic carbocycles. The lowest BCUT2D eigenvalue weighted by Gasteiger charge is -2.10. The maximum absolute atomic E-state index is 12.2.